The summed E-state index contributed by atoms with van der Waals surface area (Å²) in [5.41, 5.74) is 0.908. The van der Waals surface area contributed by atoms with E-state index in [-0.39, 0.29) is 16.3 Å². The molecule has 1 saturated heterocycles. The maximum Gasteiger partial charge on any atom is 0.324 e. The van der Waals surface area contributed by atoms with Crippen LogP contribution in [0.25, 0.3) is 0 Å². The number of anilines is 2. The van der Waals surface area contributed by atoms with Gasteiger partial charge in [-0.3, -0.25) is 14.9 Å². The lowest BCUT2D eigenvalue weighted by molar-refractivity contribution is -0.380. The van der Waals surface area contributed by atoms with Crippen LogP contribution in [0.3, 0.4) is 0 Å². The second kappa shape index (κ2) is 6.33. The van der Waals surface area contributed by atoms with Crippen molar-refractivity contribution in [1.82, 2.24) is 0 Å². The Balaban J connectivity index is 1.86. The molecule has 0 atom stereocenters. The molecule has 1 aromatic heterocycles. The number of carbonyl (C=O) groups is 1. The van der Waals surface area contributed by atoms with Crippen LogP contribution in [0.5, 0.6) is 0 Å². The molecular weight excluding hydrogens is 321 g/mol. The number of hydrogen-bond donors (Lipinski definition) is 1. The maximum absolute atomic E-state index is 14.2. The van der Waals surface area contributed by atoms with Crippen molar-refractivity contribution in [3.63, 3.8) is 0 Å². The highest BCUT2D eigenvalue weighted by Crippen LogP contribution is 2.32. The Morgan fingerprint density at radius 3 is 2.74 bits per heavy atom. The van der Waals surface area contributed by atoms with E-state index >= 15 is 0 Å². The highest BCUT2D eigenvalue weighted by Gasteiger charge is 2.21. The van der Waals surface area contributed by atoms with E-state index in [1.807, 2.05) is 4.90 Å². The van der Waals surface area contributed by atoms with Crippen LogP contribution in [0.4, 0.5) is 20.8 Å². The highest BCUT2D eigenvalue weighted by molar-refractivity contribution is 7.13. The lowest BCUT2D eigenvalue weighted by atomic mass is 10.2. The summed E-state index contributed by atoms with van der Waals surface area (Å²) in [6.45, 7) is 1.63. The summed E-state index contributed by atoms with van der Waals surface area (Å²) >= 11 is 0.866. The Morgan fingerprint density at radius 2 is 2.09 bits per heavy atom. The molecule has 0 aliphatic carbocycles. The van der Waals surface area contributed by atoms with Crippen molar-refractivity contribution in [1.29, 1.82) is 0 Å². The number of rotatable bonds is 4. The standard InChI is InChI=1S/C15H14FN3O3S/c16-11-4-3-5-12(18-6-1-2-7-18)14(11)17-15(20)10-8-13(19(21)22)23-9-10/h3-5,8-9H,1-2,6-7H2,(H,17,20). The smallest absolute Gasteiger partial charge is 0.324 e. The first-order valence-corrected chi connectivity index (χ1v) is 8.02. The van der Waals surface area contributed by atoms with E-state index in [0.717, 1.165) is 37.3 Å². The van der Waals surface area contributed by atoms with Gasteiger partial charge in [-0.15, -0.1) is 0 Å². The normalized spacial score (nSPS) is 14.0. The third-order valence-electron chi connectivity index (χ3n) is 3.70. The summed E-state index contributed by atoms with van der Waals surface area (Å²) in [7, 11) is 0. The van der Waals surface area contributed by atoms with Gasteiger partial charge in [-0.25, -0.2) is 4.39 Å². The van der Waals surface area contributed by atoms with E-state index in [4.69, 9.17) is 0 Å². The van der Waals surface area contributed by atoms with Crippen LogP contribution in [0.2, 0.25) is 0 Å². The molecule has 0 radical (unpaired) electrons. The van der Waals surface area contributed by atoms with Gasteiger partial charge in [0.25, 0.3) is 5.91 Å². The highest BCUT2D eigenvalue weighted by atomic mass is 32.1. The fraction of sp³-hybridized carbons (Fsp3) is 0.267. The summed E-state index contributed by atoms with van der Waals surface area (Å²) in [5, 5.41) is 14.5. The van der Waals surface area contributed by atoms with E-state index in [0.29, 0.717) is 5.69 Å². The quantitative estimate of drug-likeness (QED) is 0.683. The first-order valence-electron chi connectivity index (χ1n) is 7.14. The van der Waals surface area contributed by atoms with Crippen molar-refractivity contribution in [2.45, 2.75) is 12.8 Å². The number of thiophene rings is 1. The zero-order valence-electron chi connectivity index (χ0n) is 12.1. The predicted molar refractivity (Wildman–Crippen MR) is 86.8 cm³/mol. The van der Waals surface area contributed by atoms with Crippen LogP contribution >= 0.6 is 11.3 Å². The lowest BCUT2D eigenvalue weighted by Gasteiger charge is -2.21. The van der Waals surface area contributed by atoms with Crippen molar-refractivity contribution >= 4 is 33.6 Å². The number of halogens is 1. The summed E-state index contributed by atoms with van der Waals surface area (Å²) in [6.07, 6.45) is 2.06. The minimum Gasteiger partial charge on any atom is -0.370 e. The van der Waals surface area contributed by atoms with Crippen LogP contribution in [-0.2, 0) is 0 Å². The van der Waals surface area contributed by atoms with Gasteiger partial charge in [0.15, 0.2) is 0 Å². The fourth-order valence-corrected chi connectivity index (χ4v) is 3.29. The Bertz CT molecular complexity index is 756. The zero-order chi connectivity index (χ0) is 16.4. The van der Waals surface area contributed by atoms with Crippen molar-refractivity contribution in [2.24, 2.45) is 0 Å². The summed E-state index contributed by atoms with van der Waals surface area (Å²) in [5.74, 6) is -1.08. The topological polar surface area (TPSA) is 75.5 Å². The van der Waals surface area contributed by atoms with Gasteiger partial charge >= 0.3 is 5.00 Å². The molecule has 0 saturated carbocycles. The van der Waals surface area contributed by atoms with Crippen molar-refractivity contribution in [2.75, 3.05) is 23.3 Å². The number of hydrogen-bond acceptors (Lipinski definition) is 5. The van der Waals surface area contributed by atoms with Crippen LogP contribution in [0.15, 0.2) is 29.6 Å². The third kappa shape index (κ3) is 3.16. The van der Waals surface area contributed by atoms with E-state index in [1.165, 1.54) is 17.5 Å². The number of amides is 1. The third-order valence-corrected chi connectivity index (χ3v) is 4.58. The van der Waals surface area contributed by atoms with E-state index in [9.17, 15) is 19.3 Å². The fourth-order valence-electron chi connectivity index (χ4n) is 2.58. The number of benzene rings is 1. The number of para-hydroxylation sites is 1. The first-order chi connectivity index (χ1) is 11.1. The zero-order valence-corrected chi connectivity index (χ0v) is 12.9. The van der Waals surface area contributed by atoms with E-state index < -0.39 is 16.6 Å². The molecule has 2 aromatic rings. The van der Waals surface area contributed by atoms with Crippen molar-refractivity contribution in [3.05, 3.63) is 51.1 Å². The molecule has 8 heteroatoms. The molecular formula is C15H14FN3O3S. The van der Waals surface area contributed by atoms with Crippen LogP contribution in [0.1, 0.15) is 23.2 Å². The molecule has 1 amide bonds. The van der Waals surface area contributed by atoms with E-state index in [2.05, 4.69) is 5.32 Å². The summed E-state index contributed by atoms with van der Waals surface area (Å²) < 4.78 is 14.2. The minimum atomic E-state index is -0.556. The number of nitrogens with zero attached hydrogens (tertiary/aromatic N) is 2. The minimum absolute atomic E-state index is 0.119. The molecule has 0 spiro atoms. The number of nitrogens with one attached hydrogen (secondary N) is 1. The molecule has 1 N–H and O–H groups in total. The Labute approximate surface area is 135 Å². The molecule has 23 heavy (non-hydrogen) atoms. The van der Waals surface area contributed by atoms with Gasteiger partial charge in [-0.1, -0.05) is 17.4 Å². The second-order valence-electron chi connectivity index (χ2n) is 5.21. The van der Waals surface area contributed by atoms with Crippen LogP contribution < -0.4 is 10.2 Å². The van der Waals surface area contributed by atoms with Crippen LogP contribution in [0, 0.1) is 15.9 Å². The SMILES string of the molecule is O=C(Nc1c(F)cccc1N1CCCC1)c1csc([N+](=O)[O-])c1. The monoisotopic (exact) mass is 335 g/mol. The molecule has 1 fully saturated rings. The molecule has 1 aliphatic rings. The van der Waals surface area contributed by atoms with Gasteiger partial charge in [0.05, 0.1) is 16.2 Å². The average molecular weight is 335 g/mol. The summed E-state index contributed by atoms with van der Waals surface area (Å²) in [6, 6.07) is 5.84. The van der Waals surface area contributed by atoms with Gasteiger partial charge in [0.2, 0.25) is 0 Å². The van der Waals surface area contributed by atoms with E-state index in [1.54, 1.807) is 12.1 Å². The molecule has 6 nitrogen and oxygen atoms in total. The molecule has 120 valence electrons. The number of nitro groups is 1. The molecule has 1 aliphatic heterocycles. The molecule has 3 rings (SSSR count). The first kappa shape index (κ1) is 15.4. The largest absolute Gasteiger partial charge is 0.370 e. The lowest BCUT2D eigenvalue weighted by Crippen LogP contribution is -2.21. The predicted octanol–water partition coefficient (Wildman–Crippen LogP) is 3.65. The van der Waals surface area contributed by atoms with Crippen LogP contribution in [-0.4, -0.2) is 23.9 Å². The van der Waals surface area contributed by atoms with Gasteiger partial charge in [-0.2, -0.15) is 0 Å². The Kier molecular flexibility index (Phi) is 4.24. The average Bonchev–Trinajstić information content (AvgIpc) is 3.20. The molecule has 1 aromatic carbocycles. The summed E-state index contributed by atoms with van der Waals surface area (Å²) in [4.78, 5) is 24.4. The van der Waals surface area contributed by atoms with Gasteiger partial charge in [-0.05, 0) is 25.0 Å². The van der Waals surface area contributed by atoms with Gasteiger partial charge in [0.1, 0.15) is 11.5 Å². The Hall–Kier alpha value is -2.48. The van der Waals surface area contributed by atoms with Gasteiger partial charge in [0, 0.05) is 24.5 Å². The Morgan fingerprint density at radius 1 is 1.35 bits per heavy atom. The molecule has 0 unspecified atom stereocenters. The van der Waals surface area contributed by atoms with Gasteiger partial charge < -0.3 is 10.2 Å². The molecule has 2 heterocycles. The van der Waals surface area contributed by atoms with Crippen molar-refractivity contribution < 1.29 is 14.1 Å². The molecule has 0 bridgehead atoms. The second-order valence-corrected chi connectivity index (χ2v) is 6.10. The number of carbonyl (C=O) groups excluding carboxylic acids is 1. The van der Waals surface area contributed by atoms with Crippen molar-refractivity contribution in [3.8, 4) is 0 Å². The maximum atomic E-state index is 14.2.